The van der Waals surface area contributed by atoms with Crippen molar-refractivity contribution < 1.29 is 9.59 Å². The van der Waals surface area contributed by atoms with Crippen LogP contribution in [0.2, 0.25) is 0 Å². The highest BCUT2D eigenvalue weighted by molar-refractivity contribution is 6.09. The molecule has 5 heteroatoms. The molecule has 21 heavy (non-hydrogen) atoms. The first kappa shape index (κ1) is 13.1. The lowest BCUT2D eigenvalue weighted by atomic mass is 9.88. The highest BCUT2D eigenvalue weighted by Gasteiger charge is 2.49. The molecule has 1 fully saturated rings. The summed E-state index contributed by atoms with van der Waals surface area (Å²) in [5.41, 5.74) is -0.409. The van der Waals surface area contributed by atoms with Crippen molar-refractivity contribution in [2.24, 2.45) is 0 Å². The van der Waals surface area contributed by atoms with E-state index in [0.29, 0.717) is 0 Å². The Bertz CT molecular complexity index is 788. The quantitative estimate of drug-likeness (QED) is 0.676. The van der Waals surface area contributed by atoms with Gasteiger partial charge in [0.2, 0.25) is 0 Å². The van der Waals surface area contributed by atoms with E-state index in [-0.39, 0.29) is 6.54 Å². The zero-order valence-electron chi connectivity index (χ0n) is 11.5. The van der Waals surface area contributed by atoms with Crippen molar-refractivity contribution in [2.45, 2.75) is 12.5 Å². The molecule has 1 aliphatic heterocycles. The Morgan fingerprint density at radius 1 is 1.19 bits per heavy atom. The molecule has 0 saturated carbocycles. The first-order valence-electron chi connectivity index (χ1n) is 6.57. The van der Waals surface area contributed by atoms with E-state index in [1.54, 1.807) is 6.92 Å². The van der Waals surface area contributed by atoms with Gasteiger partial charge in [0.1, 0.15) is 12.1 Å². The van der Waals surface area contributed by atoms with Crippen LogP contribution in [0.4, 0.5) is 4.79 Å². The number of nitrogens with one attached hydrogen (secondary N) is 1. The van der Waals surface area contributed by atoms with Gasteiger partial charge in [-0.3, -0.25) is 4.79 Å². The van der Waals surface area contributed by atoms with Crippen LogP contribution in [0.5, 0.6) is 0 Å². The molecular weight excluding hydrogens is 266 g/mol. The van der Waals surface area contributed by atoms with Crippen LogP contribution in [0.15, 0.2) is 42.5 Å². The van der Waals surface area contributed by atoms with E-state index in [9.17, 15) is 9.59 Å². The number of fused-ring (bicyclic) bond motifs is 1. The van der Waals surface area contributed by atoms with Gasteiger partial charge >= 0.3 is 6.03 Å². The van der Waals surface area contributed by atoms with Gasteiger partial charge in [0.15, 0.2) is 0 Å². The summed E-state index contributed by atoms with van der Waals surface area (Å²) in [7, 11) is 0. The second-order valence-corrected chi connectivity index (χ2v) is 5.13. The third-order valence-electron chi connectivity index (χ3n) is 3.83. The van der Waals surface area contributed by atoms with Gasteiger partial charge in [-0.25, -0.2) is 9.69 Å². The number of rotatable bonds is 2. The molecule has 0 aromatic heterocycles. The maximum absolute atomic E-state index is 12.6. The molecule has 1 heterocycles. The number of hydrogen-bond acceptors (Lipinski definition) is 3. The molecule has 104 valence electrons. The number of amides is 3. The van der Waals surface area contributed by atoms with Crippen LogP contribution in [0.3, 0.4) is 0 Å². The number of benzene rings is 2. The van der Waals surface area contributed by atoms with E-state index in [4.69, 9.17) is 5.26 Å². The Kier molecular flexibility index (Phi) is 2.88. The van der Waals surface area contributed by atoms with E-state index in [1.807, 2.05) is 48.5 Å². The molecule has 3 rings (SSSR count). The van der Waals surface area contributed by atoms with Crippen LogP contribution in [0.1, 0.15) is 12.5 Å². The van der Waals surface area contributed by atoms with Crippen LogP contribution in [0.25, 0.3) is 10.8 Å². The summed E-state index contributed by atoms with van der Waals surface area (Å²) in [4.78, 5) is 25.5. The molecule has 1 N–H and O–H groups in total. The van der Waals surface area contributed by atoms with Gasteiger partial charge in [-0.15, -0.1) is 0 Å². The van der Waals surface area contributed by atoms with Crippen molar-refractivity contribution in [1.29, 1.82) is 5.26 Å². The van der Waals surface area contributed by atoms with Gasteiger partial charge < -0.3 is 5.32 Å². The largest absolute Gasteiger partial charge is 0.326 e. The molecule has 1 saturated heterocycles. The van der Waals surface area contributed by atoms with Crippen molar-refractivity contribution in [2.75, 3.05) is 6.54 Å². The zero-order valence-corrected chi connectivity index (χ0v) is 11.5. The molecule has 0 bridgehead atoms. The summed E-state index contributed by atoms with van der Waals surface area (Å²) in [5, 5.41) is 13.4. The van der Waals surface area contributed by atoms with E-state index >= 15 is 0 Å². The van der Waals surface area contributed by atoms with E-state index in [0.717, 1.165) is 21.2 Å². The smallest absolute Gasteiger partial charge is 0.319 e. The van der Waals surface area contributed by atoms with Crippen molar-refractivity contribution in [1.82, 2.24) is 10.2 Å². The molecule has 0 aliphatic carbocycles. The van der Waals surface area contributed by atoms with E-state index in [1.165, 1.54) is 0 Å². The maximum Gasteiger partial charge on any atom is 0.326 e. The Hall–Kier alpha value is -2.87. The van der Waals surface area contributed by atoms with Gasteiger partial charge in [0.25, 0.3) is 5.91 Å². The van der Waals surface area contributed by atoms with Crippen LogP contribution in [0, 0.1) is 11.3 Å². The van der Waals surface area contributed by atoms with Crippen LogP contribution in [-0.4, -0.2) is 23.4 Å². The number of nitriles is 1. The highest BCUT2D eigenvalue weighted by atomic mass is 16.2. The predicted molar refractivity (Wildman–Crippen MR) is 77.2 cm³/mol. The average molecular weight is 279 g/mol. The Morgan fingerprint density at radius 2 is 1.90 bits per heavy atom. The lowest BCUT2D eigenvalue weighted by molar-refractivity contribution is -0.130. The third-order valence-corrected chi connectivity index (χ3v) is 3.83. The van der Waals surface area contributed by atoms with Crippen LogP contribution in [-0.2, 0) is 10.3 Å². The normalized spacial score (nSPS) is 21.4. The summed E-state index contributed by atoms with van der Waals surface area (Å²) in [6, 6.07) is 14.6. The number of carbonyl (C=O) groups excluding carboxylic acids is 2. The molecule has 2 aromatic carbocycles. The summed E-state index contributed by atoms with van der Waals surface area (Å²) in [5.74, 6) is -0.398. The van der Waals surface area contributed by atoms with Gasteiger partial charge in [-0.1, -0.05) is 42.5 Å². The average Bonchev–Trinajstić information content (AvgIpc) is 2.71. The number of hydrogen-bond donors (Lipinski definition) is 1. The lowest BCUT2D eigenvalue weighted by Crippen LogP contribution is -2.41. The predicted octanol–water partition coefficient (Wildman–Crippen LogP) is 2.13. The minimum Gasteiger partial charge on any atom is -0.319 e. The molecule has 0 spiro atoms. The molecule has 5 nitrogen and oxygen atoms in total. The fraction of sp³-hybridized carbons (Fsp3) is 0.188. The standard InChI is InChI=1S/C16H13N3O2/c1-16(14(20)19(10-9-17)15(21)18-16)13-8-4-6-11-5-2-3-7-12(11)13/h2-8H,10H2,1H3,(H,18,21)/t16-/m1/s1. The number of imide groups is 1. The number of urea groups is 1. The van der Waals surface area contributed by atoms with Crippen molar-refractivity contribution in [3.8, 4) is 6.07 Å². The summed E-state index contributed by atoms with van der Waals surface area (Å²) < 4.78 is 0. The highest BCUT2D eigenvalue weighted by Crippen LogP contribution is 2.33. The van der Waals surface area contributed by atoms with E-state index < -0.39 is 17.5 Å². The molecule has 0 unspecified atom stereocenters. The van der Waals surface area contributed by atoms with Crippen molar-refractivity contribution in [3.05, 3.63) is 48.0 Å². The Morgan fingerprint density at radius 3 is 2.67 bits per heavy atom. The minimum absolute atomic E-state index is 0.245. The first-order valence-corrected chi connectivity index (χ1v) is 6.57. The van der Waals surface area contributed by atoms with Crippen LogP contribution >= 0.6 is 0 Å². The zero-order chi connectivity index (χ0) is 15.0. The number of carbonyl (C=O) groups is 2. The topological polar surface area (TPSA) is 73.2 Å². The summed E-state index contributed by atoms with van der Waals surface area (Å²) >= 11 is 0. The van der Waals surface area contributed by atoms with Crippen LogP contribution < -0.4 is 5.32 Å². The van der Waals surface area contributed by atoms with Gasteiger partial charge in [0.05, 0.1) is 6.07 Å². The fourth-order valence-corrected chi connectivity index (χ4v) is 2.76. The molecular formula is C16H13N3O2. The molecule has 3 amide bonds. The third kappa shape index (κ3) is 1.84. The summed E-state index contributed by atoms with van der Waals surface area (Å²) in [6.45, 7) is 1.43. The molecule has 1 atom stereocenters. The molecule has 2 aromatic rings. The second kappa shape index (κ2) is 4.60. The fourth-order valence-electron chi connectivity index (χ4n) is 2.76. The van der Waals surface area contributed by atoms with Gasteiger partial charge in [-0.05, 0) is 23.3 Å². The summed E-state index contributed by atoms with van der Waals surface area (Å²) in [6.07, 6.45) is 0. The minimum atomic E-state index is -1.14. The number of nitrogens with zero attached hydrogens (tertiary/aromatic N) is 2. The Balaban J connectivity index is 2.17. The van der Waals surface area contributed by atoms with Crippen molar-refractivity contribution >= 4 is 22.7 Å². The Labute approximate surface area is 121 Å². The molecule has 0 radical (unpaired) electrons. The maximum atomic E-state index is 12.6. The SMILES string of the molecule is C[C@]1(c2cccc3ccccc23)NC(=O)N(CC#N)C1=O. The van der Waals surface area contributed by atoms with Gasteiger partial charge in [-0.2, -0.15) is 5.26 Å². The monoisotopic (exact) mass is 279 g/mol. The lowest BCUT2D eigenvalue weighted by Gasteiger charge is -2.23. The first-order chi connectivity index (χ1) is 10.1. The van der Waals surface area contributed by atoms with Crippen molar-refractivity contribution in [3.63, 3.8) is 0 Å². The molecule has 1 aliphatic rings. The second-order valence-electron chi connectivity index (χ2n) is 5.13. The van der Waals surface area contributed by atoms with E-state index in [2.05, 4.69) is 5.32 Å². The van der Waals surface area contributed by atoms with Gasteiger partial charge in [0, 0.05) is 0 Å².